The van der Waals surface area contributed by atoms with E-state index in [1.807, 2.05) is 30.3 Å². The predicted octanol–water partition coefficient (Wildman–Crippen LogP) is 5.47. The Bertz CT molecular complexity index is 434. The van der Waals surface area contributed by atoms with Gasteiger partial charge in [-0.15, -0.1) is 0 Å². The number of methoxy groups -OCH3 is 1. The number of benzene rings is 1. The van der Waals surface area contributed by atoms with Gasteiger partial charge in [0.15, 0.2) is 0 Å². The highest BCUT2D eigenvalue weighted by molar-refractivity contribution is 5.88. The van der Waals surface area contributed by atoms with Crippen LogP contribution in [-0.2, 0) is 16.0 Å². The third kappa shape index (κ3) is 8.02. The predicted molar refractivity (Wildman–Crippen MR) is 92.9 cm³/mol. The van der Waals surface area contributed by atoms with E-state index in [9.17, 15) is 4.79 Å². The van der Waals surface area contributed by atoms with Crippen molar-refractivity contribution >= 4 is 5.97 Å². The average molecular weight is 302 g/mol. The Morgan fingerprint density at radius 2 is 1.64 bits per heavy atom. The van der Waals surface area contributed by atoms with Crippen molar-refractivity contribution < 1.29 is 9.53 Å². The quantitative estimate of drug-likeness (QED) is 0.308. The molecule has 0 saturated heterocycles. The number of hydrogen-bond donors (Lipinski definition) is 0. The average Bonchev–Trinajstić information content (AvgIpc) is 2.56. The zero-order valence-corrected chi connectivity index (χ0v) is 14.1. The van der Waals surface area contributed by atoms with Crippen molar-refractivity contribution in [3.63, 3.8) is 0 Å². The van der Waals surface area contributed by atoms with Crippen molar-refractivity contribution in [2.75, 3.05) is 7.11 Å². The molecular formula is C20H30O2. The Morgan fingerprint density at radius 3 is 2.27 bits per heavy atom. The highest BCUT2D eigenvalue weighted by atomic mass is 16.5. The van der Waals surface area contributed by atoms with Crippen LogP contribution >= 0.6 is 0 Å². The lowest BCUT2D eigenvalue weighted by Gasteiger charge is -2.06. The van der Waals surface area contributed by atoms with Crippen molar-refractivity contribution in [1.82, 2.24) is 0 Å². The maximum absolute atomic E-state index is 11.9. The Morgan fingerprint density at radius 1 is 1.00 bits per heavy atom. The van der Waals surface area contributed by atoms with Gasteiger partial charge in [0.1, 0.15) is 0 Å². The van der Waals surface area contributed by atoms with Gasteiger partial charge in [-0.1, -0.05) is 81.9 Å². The SMILES string of the molecule is CCCCCCCCC/C=C(\Cc1ccccc1)C(=O)OC. The van der Waals surface area contributed by atoms with E-state index in [1.165, 1.54) is 45.6 Å². The number of carbonyl (C=O) groups excluding carboxylic acids is 1. The summed E-state index contributed by atoms with van der Waals surface area (Å²) in [7, 11) is 1.45. The van der Waals surface area contributed by atoms with Crippen LogP contribution in [0.5, 0.6) is 0 Å². The van der Waals surface area contributed by atoms with Gasteiger partial charge in [0, 0.05) is 12.0 Å². The van der Waals surface area contributed by atoms with Gasteiger partial charge in [0.05, 0.1) is 7.11 Å². The lowest BCUT2D eigenvalue weighted by Crippen LogP contribution is -2.07. The fourth-order valence-electron chi connectivity index (χ4n) is 2.55. The Kier molecular flexibility index (Phi) is 10.1. The second kappa shape index (κ2) is 12.0. The topological polar surface area (TPSA) is 26.3 Å². The zero-order valence-electron chi connectivity index (χ0n) is 14.1. The number of hydrogen-bond acceptors (Lipinski definition) is 2. The van der Waals surface area contributed by atoms with E-state index < -0.39 is 0 Å². The van der Waals surface area contributed by atoms with E-state index in [2.05, 4.69) is 13.0 Å². The molecule has 0 aliphatic carbocycles. The van der Waals surface area contributed by atoms with Gasteiger partial charge in [0.25, 0.3) is 0 Å². The molecule has 22 heavy (non-hydrogen) atoms. The van der Waals surface area contributed by atoms with Gasteiger partial charge >= 0.3 is 5.97 Å². The monoisotopic (exact) mass is 302 g/mol. The Balaban J connectivity index is 2.35. The Labute approximate surface area is 135 Å². The minimum Gasteiger partial charge on any atom is -0.466 e. The first-order valence-corrected chi connectivity index (χ1v) is 8.59. The summed E-state index contributed by atoms with van der Waals surface area (Å²) in [6.45, 7) is 2.24. The second-order valence-electron chi connectivity index (χ2n) is 5.79. The van der Waals surface area contributed by atoms with Gasteiger partial charge in [-0.3, -0.25) is 0 Å². The van der Waals surface area contributed by atoms with Crippen molar-refractivity contribution in [2.24, 2.45) is 0 Å². The van der Waals surface area contributed by atoms with Gasteiger partial charge in [-0.25, -0.2) is 4.79 Å². The zero-order chi connectivity index (χ0) is 16.0. The summed E-state index contributed by atoms with van der Waals surface area (Å²) in [5.41, 5.74) is 1.93. The van der Waals surface area contributed by atoms with E-state index in [4.69, 9.17) is 4.74 Å². The summed E-state index contributed by atoms with van der Waals surface area (Å²) in [4.78, 5) is 11.9. The molecule has 1 rings (SSSR count). The van der Waals surface area contributed by atoms with Crippen LogP contribution in [-0.4, -0.2) is 13.1 Å². The van der Waals surface area contributed by atoms with Gasteiger partial charge in [-0.05, 0) is 18.4 Å². The first kappa shape index (κ1) is 18.5. The second-order valence-corrected chi connectivity index (χ2v) is 5.79. The van der Waals surface area contributed by atoms with E-state index >= 15 is 0 Å². The molecule has 2 heteroatoms. The maximum Gasteiger partial charge on any atom is 0.333 e. The lowest BCUT2D eigenvalue weighted by molar-refractivity contribution is -0.136. The van der Waals surface area contributed by atoms with Gasteiger partial charge < -0.3 is 4.74 Å². The van der Waals surface area contributed by atoms with Crippen LogP contribution in [0.4, 0.5) is 0 Å². The molecule has 0 bridgehead atoms. The Hall–Kier alpha value is -1.57. The van der Waals surface area contributed by atoms with Crippen LogP contribution in [0.3, 0.4) is 0 Å². The maximum atomic E-state index is 11.9. The molecule has 2 nitrogen and oxygen atoms in total. The number of carbonyl (C=O) groups is 1. The number of ether oxygens (including phenoxy) is 1. The summed E-state index contributed by atoms with van der Waals surface area (Å²) in [6, 6.07) is 10.1. The standard InChI is InChI=1S/C20H30O2/c1-3-4-5-6-7-8-9-13-16-19(20(21)22-2)17-18-14-11-10-12-15-18/h10-12,14-16H,3-9,13,17H2,1-2H3/b19-16+. The third-order valence-electron chi connectivity index (χ3n) is 3.88. The summed E-state index contributed by atoms with van der Waals surface area (Å²) >= 11 is 0. The van der Waals surface area contributed by atoms with E-state index in [1.54, 1.807) is 0 Å². The summed E-state index contributed by atoms with van der Waals surface area (Å²) < 4.78 is 4.90. The van der Waals surface area contributed by atoms with Crippen LogP contribution < -0.4 is 0 Å². The van der Waals surface area contributed by atoms with Crippen LogP contribution in [0.1, 0.15) is 63.9 Å². The molecule has 0 heterocycles. The van der Waals surface area contributed by atoms with E-state index in [0.717, 1.165) is 24.0 Å². The highest BCUT2D eigenvalue weighted by Crippen LogP contribution is 2.13. The van der Waals surface area contributed by atoms with Crippen LogP contribution in [0.15, 0.2) is 42.0 Å². The normalized spacial score (nSPS) is 11.5. The molecule has 0 aliphatic rings. The van der Waals surface area contributed by atoms with Crippen LogP contribution in [0.2, 0.25) is 0 Å². The molecule has 0 unspecified atom stereocenters. The minimum absolute atomic E-state index is 0.202. The number of unbranched alkanes of at least 4 members (excludes halogenated alkanes) is 7. The summed E-state index contributed by atoms with van der Waals surface area (Å²) in [5, 5.41) is 0. The largest absolute Gasteiger partial charge is 0.466 e. The lowest BCUT2D eigenvalue weighted by atomic mass is 10.0. The third-order valence-corrected chi connectivity index (χ3v) is 3.88. The fraction of sp³-hybridized carbons (Fsp3) is 0.550. The highest BCUT2D eigenvalue weighted by Gasteiger charge is 2.09. The summed E-state index contributed by atoms with van der Waals surface area (Å²) in [6.07, 6.45) is 12.7. The molecule has 0 saturated carbocycles. The van der Waals surface area contributed by atoms with Crippen LogP contribution in [0.25, 0.3) is 0 Å². The number of rotatable bonds is 11. The van der Waals surface area contributed by atoms with E-state index in [0.29, 0.717) is 6.42 Å². The smallest absolute Gasteiger partial charge is 0.333 e. The van der Waals surface area contributed by atoms with Crippen molar-refractivity contribution in [2.45, 2.75) is 64.7 Å². The molecule has 0 aromatic heterocycles. The molecule has 1 aromatic carbocycles. The van der Waals surface area contributed by atoms with E-state index in [-0.39, 0.29) is 5.97 Å². The van der Waals surface area contributed by atoms with Crippen molar-refractivity contribution in [3.05, 3.63) is 47.5 Å². The first-order chi connectivity index (χ1) is 10.8. The molecule has 0 N–H and O–H groups in total. The number of allylic oxidation sites excluding steroid dienone is 1. The van der Waals surface area contributed by atoms with Gasteiger partial charge in [-0.2, -0.15) is 0 Å². The fourth-order valence-corrected chi connectivity index (χ4v) is 2.55. The molecule has 0 atom stereocenters. The molecular weight excluding hydrogens is 272 g/mol. The molecule has 0 amide bonds. The minimum atomic E-state index is -0.202. The summed E-state index contributed by atoms with van der Waals surface area (Å²) in [5.74, 6) is -0.202. The molecule has 0 aliphatic heterocycles. The van der Waals surface area contributed by atoms with Crippen molar-refractivity contribution in [3.8, 4) is 0 Å². The van der Waals surface area contributed by atoms with Crippen LogP contribution in [0, 0.1) is 0 Å². The molecule has 0 fully saturated rings. The molecule has 0 spiro atoms. The van der Waals surface area contributed by atoms with Crippen molar-refractivity contribution in [1.29, 1.82) is 0 Å². The molecule has 0 radical (unpaired) electrons. The van der Waals surface area contributed by atoms with Gasteiger partial charge in [0.2, 0.25) is 0 Å². The first-order valence-electron chi connectivity index (χ1n) is 8.59. The molecule has 1 aromatic rings. The number of esters is 1. The molecule has 122 valence electrons.